The highest BCUT2D eigenvalue weighted by Crippen LogP contribution is 2.23. The van der Waals surface area contributed by atoms with E-state index >= 15 is 0 Å². The lowest BCUT2D eigenvalue weighted by Crippen LogP contribution is -2.42. The zero-order valence-electron chi connectivity index (χ0n) is 13.1. The highest BCUT2D eigenvalue weighted by Gasteiger charge is 2.20. The molecule has 118 valence electrons. The molecule has 1 aliphatic heterocycles. The van der Waals surface area contributed by atoms with Gasteiger partial charge in [-0.15, -0.1) is 0 Å². The van der Waals surface area contributed by atoms with Crippen molar-refractivity contribution in [2.24, 2.45) is 0 Å². The van der Waals surface area contributed by atoms with Gasteiger partial charge in [0.2, 0.25) is 0 Å². The topological polar surface area (TPSA) is 68.4 Å². The SMILES string of the molecule is CC(C)N1CCC(Nc2ccc3[nH]c(C(=O)O)cc3c2)CC1. The Morgan fingerprint density at radius 1 is 1.32 bits per heavy atom. The second-order valence-corrected chi connectivity index (χ2v) is 6.34. The van der Waals surface area contributed by atoms with E-state index in [1.165, 1.54) is 0 Å². The molecule has 1 fully saturated rings. The fraction of sp³-hybridized carbons (Fsp3) is 0.471. The number of aromatic amines is 1. The molecule has 0 bridgehead atoms. The van der Waals surface area contributed by atoms with Gasteiger partial charge in [-0.25, -0.2) is 4.79 Å². The van der Waals surface area contributed by atoms with E-state index in [0.717, 1.165) is 42.5 Å². The quantitative estimate of drug-likeness (QED) is 0.811. The van der Waals surface area contributed by atoms with Gasteiger partial charge in [0, 0.05) is 41.8 Å². The van der Waals surface area contributed by atoms with Crippen molar-refractivity contribution in [1.29, 1.82) is 0 Å². The van der Waals surface area contributed by atoms with Crippen molar-refractivity contribution in [3.63, 3.8) is 0 Å². The van der Waals surface area contributed by atoms with Gasteiger partial charge >= 0.3 is 5.97 Å². The number of fused-ring (bicyclic) bond motifs is 1. The second-order valence-electron chi connectivity index (χ2n) is 6.34. The smallest absolute Gasteiger partial charge is 0.352 e. The summed E-state index contributed by atoms with van der Waals surface area (Å²) in [5.74, 6) is -0.924. The molecular formula is C17H23N3O2. The van der Waals surface area contributed by atoms with Crippen molar-refractivity contribution in [2.45, 2.75) is 38.8 Å². The Kier molecular flexibility index (Phi) is 4.07. The van der Waals surface area contributed by atoms with Crippen LogP contribution in [0.3, 0.4) is 0 Å². The average molecular weight is 301 g/mol. The Bertz CT molecular complexity index is 670. The van der Waals surface area contributed by atoms with E-state index in [1.54, 1.807) is 6.07 Å². The summed E-state index contributed by atoms with van der Waals surface area (Å²) in [5, 5.41) is 13.5. The average Bonchev–Trinajstić information content (AvgIpc) is 2.91. The third kappa shape index (κ3) is 3.09. The number of piperidine rings is 1. The molecule has 1 aromatic carbocycles. The number of nitrogens with zero attached hydrogens (tertiary/aromatic N) is 1. The standard InChI is InChI=1S/C17H23N3O2/c1-11(2)20-7-5-13(6-8-20)18-14-3-4-15-12(9-14)10-16(19-15)17(21)22/h3-4,9-11,13,18-19H,5-8H2,1-2H3,(H,21,22). The van der Waals surface area contributed by atoms with Crippen molar-refractivity contribution >= 4 is 22.6 Å². The summed E-state index contributed by atoms with van der Waals surface area (Å²) >= 11 is 0. The summed E-state index contributed by atoms with van der Waals surface area (Å²) in [6.07, 6.45) is 2.29. The van der Waals surface area contributed by atoms with Crippen LogP contribution in [0.1, 0.15) is 37.2 Å². The zero-order chi connectivity index (χ0) is 15.7. The molecule has 0 aliphatic carbocycles. The van der Waals surface area contributed by atoms with Gasteiger partial charge in [-0.1, -0.05) is 0 Å². The van der Waals surface area contributed by atoms with Gasteiger partial charge in [0.05, 0.1) is 0 Å². The molecule has 0 radical (unpaired) electrons. The summed E-state index contributed by atoms with van der Waals surface area (Å²) in [5.41, 5.74) is 2.15. The number of anilines is 1. The van der Waals surface area contributed by atoms with E-state index in [-0.39, 0.29) is 5.69 Å². The Hall–Kier alpha value is -2.01. The van der Waals surface area contributed by atoms with Crippen LogP contribution in [-0.4, -0.2) is 46.1 Å². The summed E-state index contributed by atoms with van der Waals surface area (Å²) in [7, 11) is 0. The van der Waals surface area contributed by atoms with Gasteiger partial charge in [0.1, 0.15) is 5.69 Å². The lowest BCUT2D eigenvalue weighted by atomic mass is 10.0. The van der Waals surface area contributed by atoms with Gasteiger partial charge in [0.15, 0.2) is 0 Å². The van der Waals surface area contributed by atoms with Gasteiger partial charge < -0.3 is 20.3 Å². The molecular weight excluding hydrogens is 278 g/mol. The van der Waals surface area contributed by atoms with Crippen LogP contribution in [0.5, 0.6) is 0 Å². The van der Waals surface area contributed by atoms with Gasteiger partial charge in [-0.2, -0.15) is 0 Å². The van der Waals surface area contributed by atoms with E-state index in [4.69, 9.17) is 5.11 Å². The molecule has 22 heavy (non-hydrogen) atoms. The fourth-order valence-corrected chi connectivity index (χ4v) is 3.13. The molecule has 1 aliphatic rings. The summed E-state index contributed by atoms with van der Waals surface area (Å²) in [6, 6.07) is 8.76. The Morgan fingerprint density at radius 2 is 2.05 bits per heavy atom. The number of carboxylic acid groups (broad SMARTS) is 1. The Labute approximate surface area is 130 Å². The van der Waals surface area contributed by atoms with E-state index in [2.05, 4.69) is 29.0 Å². The Balaban J connectivity index is 1.68. The summed E-state index contributed by atoms with van der Waals surface area (Å²) < 4.78 is 0. The minimum absolute atomic E-state index is 0.234. The number of aromatic carboxylic acids is 1. The second kappa shape index (κ2) is 6.01. The maximum Gasteiger partial charge on any atom is 0.352 e. The number of benzene rings is 1. The third-order valence-corrected chi connectivity index (χ3v) is 4.48. The predicted octanol–water partition coefficient (Wildman–Crippen LogP) is 3.15. The number of carbonyl (C=O) groups is 1. The number of H-pyrrole nitrogens is 1. The molecule has 0 atom stereocenters. The fourth-order valence-electron chi connectivity index (χ4n) is 3.13. The maximum absolute atomic E-state index is 11.0. The van der Waals surface area contributed by atoms with Crippen LogP contribution < -0.4 is 5.32 Å². The first kappa shape index (κ1) is 14.9. The van der Waals surface area contributed by atoms with Crippen LogP contribution in [0.15, 0.2) is 24.3 Å². The molecule has 5 nitrogen and oxygen atoms in total. The van der Waals surface area contributed by atoms with Crippen molar-refractivity contribution in [3.05, 3.63) is 30.0 Å². The van der Waals surface area contributed by atoms with E-state index in [9.17, 15) is 4.79 Å². The zero-order valence-corrected chi connectivity index (χ0v) is 13.1. The predicted molar refractivity (Wildman–Crippen MR) is 88.6 cm³/mol. The summed E-state index contributed by atoms with van der Waals surface area (Å²) in [6.45, 7) is 6.75. The van der Waals surface area contributed by atoms with Gasteiger partial charge in [0.25, 0.3) is 0 Å². The van der Waals surface area contributed by atoms with E-state index in [0.29, 0.717) is 12.1 Å². The van der Waals surface area contributed by atoms with Crippen LogP contribution in [0.2, 0.25) is 0 Å². The minimum atomic E-state index is -0.924. The molecule has 0 spiro atoms. The number of aromatic nitrogens is 1. The monoisotopic (exact) mass is 301 g/mol. The molecule has 1 aromatic heterocycles. The first-order valence-electron chi connectivity index (χ1n) is 7.89. The minimum Gasteiger partial charge on any atom is -0.477 e. The molecule has 0 unspecified atom stereocenters. The normalized spacial score (nSPS) is 17.2. The van der Waals surface area contributed by atoms with Crippen molar-refractivity contribution in [1.82, 2.24) is 9.88 Å². The molecule has 5 heteroatoms. The van der Waals surface area contributed by atoms with Crippen LogP contribution >= 0.6 is 0 Å². The van der Waals surface area contributed by atoms with Crippen LogP contribution in [0.25, 0.3) is 10.9 Å². The van der Waals surface area contributed by atoms with Crippen molar-refractivity contribution in [3.8, 4) is 0 Å². The number of likely N-dealkylation sites (tertiary alicyclic amines) is 1. The Morgan fingerprint density at radius 3 is 2.68 bits per heavy atom. The van der Waals surface area contributed by atoms with Crippen LogP contribution in [0, 0.1) is 0 Å². The van der Waals surface area contributed by atoms with Gasteiger partial charge in [-0.3, -0.25) is 0 Å². The molecule has 0 amide bonds. The van der Waals surface area contributed by atoms with Crippen LogP contribution in [-0.2, 0) is 0 Å². The molecule has 2 aromatic rings. The van der Waals surface area contributed by atoms with Gasteiger partial charge in [-0.05, 0) is 51.0 Å². The molecule has 3 rings (SSSR count). The highest BCUT2D eigenvalue weighted by atomic mass is 16.4. The first-order valence-corrected chi connectivity index (χ1v) is 7.89. The van der Waals surface area contributed by atoms with Crippen molar-refractivity contribution in [2.75, 3.05) is 18.4 Å². The third-order valence-electron chi connectivity index (χ3n) is 4.48. The molecule has 2 heterocycles. The largest absolute Gasteiger partial charge is 0.477 e. The lowest BCUT2D eigenvalue weighted by Gasteiger charge is -2.35. The number of carboxylic acids is 1. The lowest BCUT2D eigenvalue weighted by molar-refractivity contribution is 0.0691. The number of hydrogen-bond donors (Lipinski definition) is 3. The maximum atomic E-state index is 11.0. The molecule has 0 saturated carbocycles. The number of nitrogens with one attached hydrogen (secondary N) is 2. The molecule has 3 N–H and O–H groups in total. The highest BCUT2D eigenvalue weighted by molar-refractivity contribution is 5.94. The first-order chi connectivity index (χ1) is 10.5. The van der Waals surface area contributed by atoms with Crippen molar-refractivity contribution < 1.29 is 9.90 Å². The van der Waals surface area contributed by atoms with E-state index in [1.807, 2.05) is 18.2 Å². The number of hydrogen-bond acceptors (Lipinski definition) is 3. The summed E-state index contributed by atoms with van der Waals surface area (Å²) in [4.78, 5) is 16.4. The van der Waals surface area contributed by atoms with E-state index < -0.39 is 5.97 Å². The molecule has 1 saturated heterocycles. The number of rotatable bonds is 4. The van der Waals surface area contributed by atoms with Crippen LogP contribution in [0.4, 0.5) is 5.69 Å².